The fraction of sp³-hybridized carbons (Fsp3) is 0.509. The molecule has 8 atom stereocenters. The number of rotatable bonds is 15. The van der Waals surface area contributed by atoms with Crippen LogP contribution in [0.2, 0.25) is 0 Å². The summed E-state index contributed by atoms with van der Waals surface area (Å²) in [6.07, 6.45) is -0.257. The Morgan fingerprint density at radius 1 is 0.739 bits per heavy atom. The van der Waals surface area contributed by atoms with E-state index in [1.54, 1.807) is 74.6 Å². The monoisotopic (exact) mass is 1250 g/mol. The molecule has 31 heteroatoms. The van der Waals surface area contributed by atoms with E-state index < -0.39 is 176 Å². The second-order valence-corrected chi connectivity index (χ2v) is 22.6. The van der Waals surface area contributed by atoms with E-state index in [2.05, 4.69) is 41.9 Å². The van der Waals surface area contributed by atoms with Crippen molar-refractivity contribution < 1.29 is 72.5 Å². The average Bonchev–Trinajstić information content (AvgIpc) is 3.22. The van der Waals surface area contributed by atoms with Crippen LogP contribution in [0, 0.1) is 11.8 Å². The molecule has 1 aliphatic heterocycles. The number of para-hydroxylation sites is 1. The number of guanidine groups is 1. The first-order chi connectivity index (χ1) is 41.5. The Morgan fingerprint density at radius 2 is 1.38 bits per heavy atom. The van der Waals surface area contributed by atoms with Gasteiger partial charge in [-0.1, -0.05) is 62.4 Å². The maximum absolute atomic E-state index is 14.6. The lowest BCUT2D eigenvalue weighted by Gasteiger charge is -2.33. The highest BCUT2D eigenvalue weighted by atomic mass is 32.2. The molecular formula is C57H81N15O15S. The summed E-state index contributed by atoms with van der Waals surface area (Å²) in [5.74, 6) is -15.1. The molecule has 1 aromatic heterocycles. The van der Waals surface area contributed by atoms with Gasteiger partial charge in [-0.05, 0) is 42.9 Å². The molecule has 1 saturated heterocycles. The van der Waals surface area contributed by atoms with Gasteiger partial charge in [-0.3, -0.25) is 67.3 Å². The zero-order chi connectivity index (χ0) is 65.5. The lowest BCUT2D eigenvalue weighted by molar-refractivity contribution is -0.147. The van der Waals surface area contributed by atoms with Crippen molar-refractivity contribution in [1.29, 1.82) is 0 Å². The molecule has 4 rings (SSSR count). The number of fused-ring (bicyclic) bond motifs is 1. The summed E-state index contributed by atoms with van der Waals surface area (Å²) in [5.41, 5.74) is 18.2. The van der Waals surface area contributed by atoms with Gasteiger partial charge in [0.05, 0.1) is 44.5 Å². The Balaban J connectivity index is 1.79. The van der Waals surface area contributed by atoms with Crippen LogP contribution in [0.15, 0.2) is 65.8 Å². The summed E-state index contributed by atoms with van der Waals surface area (Å²) in [4.78, 5) is 190. The van der Waals surface area contributed by atoms with E-state index in [0.29, 0.717) is 22.0 Å². The minimum Gasteiger partial charge on any atom is -0.481 e. The molecule has 0 saturated carbocycles. The van der Waals surface area contributed by atoms with Gasteiger partial charge in [0.25, 0.3) is 0 Å². The molecule has 0 unspecified atom stereocenters. The predicted octanol–water partition coefficient (Wildman–Crippen LogP) is -3.93. The van der Waals surface area contributed by atoms with Gasteiger partial charge in [-0.2, -0.15) is 0 Å². The molecule has 30 nitrogen and oxygen atoms in total. The number of carboxylic acids is 1. The molecule has 15 N–H and O–H groups in total. The lowest BCUT2D eigenvalue weighted by Crippen LogP contribution is -2.58. The molecule has 1 fully saturated rings. The molecule has 0 radical (unpaired) electrons. The number of carboxylic acid groups (broad SMARTS) is 1. The van der Waals surface area contributed by atoms with Crippen molar-refractivity contribution in [2.45, 2.75) is 102 Å². The molecule has 2 heterocycles. The highest BCUT2D eigenvalue weighted by molar-refractivity contribution is 8.00. The molecular weight excluding hydrogens is 1170 g/mol. The maximum atomic E-state index is 14.6. The van der Waals surface area contributed by atoms with Gasteiger partial charge in [-0.25, -0.2) is 0 Å². The summed E-state index contributed by atoms with van der Waals surface area (Å²) in [6, 6.07) is 5.15. The number of aliphatic carboxylic acids is 1. The lowest BCUT2D eigenvalue weighted by atomic mass is 9.86. The number of ketones is 1. The molecule has 88 heavy (non-hydrogen) atoms. The first-order valence-corrected chi connectivity index (χ1v) is 29.3. The second-order valence-electron chi connectivity index (χ2n) is 21.6. The highest BCUT2D eigenvalue weighted by Gasteiger charge is 2.39. The number of aliphatic hydroxyl groups is 1. The summed E-state index contributed by atoms with van der Waals surface area (Å²) in [5, 5.41) is 35.9. The van der Waals surface area contributed by atoms with Crippen molar-refractivity contribution in [3.63, 3.8) is 0 Å². The maximum Gasteiger partial charge on any atom is 0.305 e. The van der Waals surface area contributed by atoms with Crippen molar-refractivity contribution in [3.05, 3.63) is 71.9 Å². The predicted molar refractivity (Wildman–Crippen MR) is 323 cm³/mol. The highest BCUT2D eigenvalue weighted by Crippen LogP contribution is 2.23. The van der Waals surface area contributed by atoms with E-state index in [9.17, 15) is 72.5 Å². The third-order valence-electron chi connectivity index (χ3n) is 14.7. The number of thioether (sulfide) groups is 1. The number of nitrogens with one attached hydrogen (secondary N) is 7. The number of hydrogen-bond acceptors (Lipinski definition) is 16. The Bertz CT molecular complexity index is 3050. The summed E-state index contributed by atoms with van der Waals surface area (Å²) in [7, 11) is 4.99. The van der Waals surface area contributed by atoms with Gasteiger partial charge < -0.3 is 83.9 Å². The molecule has 2 aromatic carbocycles. The number of Topliss-reactive ketones (excluding diaryl/α,β-unsaturated/α-hetero) is 1. The van der Waals surface area contributed by atoms with Crippen LogP contribution in [0.1, 0.15) is 57.6 Å². The first kappa shape index (κ1) is 71.4. The van der Waals surface area contributed by atoms with Crippen LogP contribution in [-0.2, 0) is 75.2 Å². The molecule has 3 aromatic rings. The van der Waals surface area contributed by atoms with Crippen LogP contribution in [-0.4, -0.2) is 232 Å². The molecule has 11 amide bonds. The zero-order valence-electron chi connectivity index (χ0n) is 50.2. The van der Waals surface area contributed by atoms with Gasteiger partial charge in [0.2, 0.25) is 65.0 Å². The van der Waals surface area contributed by atoms with Crippen molar-refractivity contribution in [3.8, 4) is 0 Å². The fourth-order valence-corrected chi connectivity index (χ4v) is 10.4. The Hall–Kier alpha value is -9.13. The number of primary amides is 1. The standard InChI is InChI=1S/C57H81N15O15S/c1-31(2)36-22-44(74)39(23-49(79)80)68-50(81)32(3)70(5)55(86)40(21-34-24-62-37-17-12-11-16-35(34)37)66-48(78)30-88-29-41(51(82)63-25-45(58)75)67-47(77)27-69(4)56(87)42(20-33-14-9-8-10-15-33)71(6)54(85)38(18-13-19-61-57(59)60)65-46(76)26-64-52(83)43(28-73)72(7)53(36)84/h8-12,14-17,24,31-32,36,38-43,62,73H,13,18-23,25-30H2,1-7H3,(H2,58,75)(H,63,82)(H,64,83)(H,65,76)(H,66,78)(H,67,77)(H,68,81)(H,79,80)(H4,59,60,61)/t32-,36-,38+,39+,40-,41+,42-,43+/m1/s1. The topological polar surface area (TPSA) is 454 Å². The van der Waals surface area contributed by atoms with Gasteiger partial charge >= 0.3 is 5.97 Å². The fourth-order valence-electron chi connectivity index (χ4n) is 9.50. The van der Waals surface area contributed by atoms with Crippen LogP contribution in [0.4, 0.5) is 0 Å². The molecule has 480 valence electrons. The van der Waals surface area contributed by atoms with E-state index in [1.165, 1.54) is 28.1 Å². The normalized spacial score (nSPS) is 23.0. The molecule has 1 aliphatic rings. The minimum absolute atomic E-state index is 0.00104. The van der Waals surface area contributed by atoms with Crippen LogP contribution in [0.5, 0.6) is 0 Å². The van der Waals surface area contributed by atoms with Crippen LogP contribution in [0.25, 0.3) is 10.9 Å². The van der Waals surface area contributed by atoms with Crippen molar-refractivity contribution >= 4 is 105 Å². The number of amides is 11. The number of nitrogens with zero attached hydrogens (tertiary/aromatic N) is 5. The number of benzene rings is 2. The number of aromatic amines is 1. The van der Waals surface area contributed by atoms with E-state index in [0.717, 1.165) is 38.4 Å². The largest absolute Gasteiger partial charge is 0.481 e. The molecule has 0 spiro atoms. The number of hydrogen-bond donors (Lipinski definition) is 12. The Labute approximate surface area is 512 Å². The molecule has 0 aliphatic carbocycles. The number of likely N-dealkylation sites (N-methyl/N-ethyl adjacent to an activating group) is 4. The summed E-state index contributed by atoms with van der Waals surface area (Å²) < 4.78 is 0. The van der Waals surface area contributed by atoms with Gasteiger partial charge in [0.1, 0.15) is 36.3 Å². The SMILES string of the molecule is CC(C)[C@H]1CC(=O)[C@H](CC(=O)O)NC(=O)[C@@H](C)N(C)C(=O)[C@@H](Cc2c[nH]c3ccccc23)NC(=O)CSC[C@@H](C(=O)NCC(N)=O)NC(=O)CN(C)C(=O)[C@@H](Cc2ccccc2)N(C)C(=O)[C@H](CCCN=C(N)N)NC(=O)CNC(=O)[C@H](CO)N(C)C1=O. The minimum atomic E-state index is -1.76. The molecule has 0 bridgehead atoms. The van der Waals surface area contributed by atoms with Gasteiger partial charge in [0.15, 0.2) is 11.7 Å². The number of aliphatic hydroxyl groups excluding tert-OH is 1. The second kappa shape index (κ2) is 34.3. The Kier molecular flexibility index (Phi) is 27.8. The Morgan fingerprint density at radius 3 is 2.01 bits per heavy atom. The van der Waals surface area contributed by atoms with Crippen molar-refractivity contribution in [2.75, 3.05) is 72.5 Å². The van der Waals surface area contributed by atoms with Crippen LogP contribution < -0.4 is 49.1 Å². The zero-order valence-corrected chi connectivity index (χ0v) is 51.1. The summed E-state index contributed by atoms with van der Waals surface area (Å²) >= 11 is 0.834. The number of H-pyrrole nitrogens is 1. The van der Waals surface area contributed by atoms with E-state index in [-0.39, 0.29) is 43.9 Å². The van der Waals surface area contributed by atoms with Crippen LogP contribution >= 0.6 is 11.8 Å². The summed E-state index contributed by atoms with van der Waals surface area (Å²) in [6.45, 7) is 1.29. The number of nitrogens with two attached hydrogens (primary N) is 3. The van der Waals surface area contributed by atoms with Crippen molar-refractivity contribution in [1.82, 2.24) is 56.5 Å². The third-order valence-corrected chi connectivity index (χ3v) is 15.7. The third kappa shape index (κ3) is 21.4. The number of aliphatic imine (C=N–C) groups is 1. The first-order valence-electron chi connectivity index (χ1n) is 28.2. The van der Waals surface area contributed by atoms with Crippen LogP contribution in [0.3, 0.4) is 0 Å². The van der Waals surface area contributed by atoms with E-state index in [1.807, 2.05) is 0 Å². The van der Waals surface area contributed by atoms with Gasteiger partial charge in [0, 0.05) is 82.8 Å². The smallest absolute Gasteiger partial charge is 0.305 e. The van der Waals surface area contributed by atoms with Crippen molar-refractivity contribution in [2.24, 2.45) is 34.0 Å². The number of aromatic nitrogens is 1. The number of carbonyl (C=O) groups is 13. The van der Waals surface area contributed by atoms with Gasteiger partial charge in [-0.15, -0.1) is 11.8 Å². The van der Waals surface area contributed by atoms with E-state index in [4.69, 9.17) is 17.2 Å². The van der Waals surface area contributed by atoms with E-state index >= 15 is 0 Å². The number of carbonyl (C=O) groups excluding carboxylic acids is 12. The quantitative estimate of drug-likeness (QED) is 0.0393. The average molecular weight is 1250 g/mol.